The lowest BCUT2D eigenvalue weighted by atomic mass is 10.0. The maximum absolute atomic E-state index is 6.05. The summed E-state index contributed by atoms with van der Waals surface area (Å²) in [5, 5.41) is 3.29. The van der Waals surface area contributed by atoms with Crippen molar-refractivity contribution in [1.82, 2.24) is 5.32 Å². The maximum Gasteiger partial charge on any atom is 0.189 e. The average Bonchev–Trinajstić information content (AvgIpc) is 2.60. The number of nitrogens with two attached hydrogens (primary N) is 1. The predicted octanol–water partition coefficient (Wildman–Crippen LogP) is 3.24. The zero-order valence-corrected chi connectivity index (χ0v) is 15.9. The van der Waals surface area contributed by atoms with E-state index in [0.717, 1.165) is 29.0 Å². The number of para-hydroxylation sites is 1. The molecule has 0 amide bonds. The van der Waals surface area contributed by atoms with E-state index in [1.807, 2.05) is 42.5 Å². The fourth-order valence-electron chi connectivity index (χ4n) is 2.66. The van der Waals surface area contributed by atoms with Gasteiger partial charge in [0.15, 0.2) is 5.96 Å². The highest BCUT2D eigenvalue weighted by Gasteiger charge is 2.21. The van der Waals surface area contributed by atoms with Crippen molar-refractivity contribution in [2.24, 2.45) is 10.7 Å². The molecule has 5 nitrogen and oxygen atoms in total. The number of ether oxygens (including phenoxy) is 2. The Kier molecular flexibility index (Phi) is 6.72. The van der Waals surface area contributed by atoms with E-state index in [1.165, 1.54) is 0 Å². The SMILES string of the molecule is COc1cccc(CN=C(N)NC2CCOc3ccccc32)c1.I. The number of halogens is 1. The van der Waals surface area contributed by atoms with Gasteiger partial charge in [0.25, 0.3) is 0 Å². The van der Waals surface area contributed by atoms with Crippen molar-refractivity contribution in [3.63, 3.8) is 0 Å². The molecule has 128 valence electrons. The fraction of sp³-hybridized carbons (Fsp3) is 0.278. The first kappa shape index (κ1) is 18.4. The minimum atomic E-state index is 0. The second-order valence-electron chi connectivity index (χ2n) is 5.42. The van der Waals surface area contributed by atoms with Gasteiger partial charge in [-0.2, -0.15) is 0 Å². The molecule has 0 radical (unpaired) electrons. The molecule has 0 saturated carbocycles. The molecule has 0 aliphatic carbocycles. The summed E-state index contributed by atoms with van der Waals surface area (Å²) in [6.45, 7) is 1.19. The van der Waals surface area contributed by atoms with Crippen molar-refractivity contribution in [1.29, 1.82) is 0 Å². The molecular weight excluding hydrogens is 417 g/mol. The van der Waals surface area contributed by atoms with Crippen LogP contribution in [0, 0.1) is 0 Å². The van der Waals surface area contributed by atoms with Gasteiger partial charge in [-0.1, -0.05) is 30.3 Å². The van der Waals surface area contributed by atoms with E-state index in [0.29, 0.717) is 19.1 Å². The Labute approximate surface area is 159 Å². The molecule has 1 atom stereocenters. The van der Waals surface area contributed by atoms with Crippen LogP contribution in [-0.4, -0.2) is 19.7 Å². The first-order valence-corrected chi connectivity index (χ1v) is 7.67. The van der Waals surface area contributed by atoms with E-state index in [1.54, 1.807) is 7.11 Å². The number of nitrogens with zero attached hydrogens (tertiary/aromatic N) is 1. The van der Waals surface area contributed by atoms with Gasteiger partial charge >= 0.3 is 0 Å². The first-order chi connectivity index (χ1) is 11.3. The third-order valence-electron chi connectivity index (χ3n) is 3.85. The van der Waals surface area contributed by atoms with Gasteiger partial charge in [-0.3, -0.25) is 0 Å². The van der Waals surface area contributed by atoms with Crippen molar-refractivity contribution in [2.75, 3.05) is 13.7 Å². The van der Waals surface area contributed by atoms with Crippen molar-refractivity contribution in [2.45, 2.75) is 19.0 Å². The summed E-state index contributed by atoms with van der Waals surface area (Å²) in [6.07, 6.45) is 0.867. The number of methoxy groups -OCH3 is 1. The molecule has 3 rings (SSSR count). The summed E-state index contributed by atoms with van der Waals surface area (Å²) in [5.41, 5.74) is 8.23. The topological polar surface area (TPSA) is 68.9 Å². The molecule has 1 aliphatic rings. The van der Waals surface area contributed by atoms with Crippen molar-refractivity contribution < 1.29 is 9.47 Å². The fourth-order valence-corrected chi connectivity index (χ4v) is 2.66. The number of benzene rings is 2. The van der Waals surface area contributed by atoms with Crippen LogP contribution in [0.3, 0.4) is 0 Å². The molecule has 3 N–H and O–H groups in total. The number of hydrogen-bond donors (Lipinski definition) is 2. The van der Waals surface area contributed by atoms with Crippen molar-refractivity contribution >= 4 is 29.9 Å². The van der Waals surface area contributed by atoms with Crippen molar-refractivity contribution in [3.8, 4) is 11.5 Å². The number of fused-ring (bicyclic) bond motifs is 1. The molecule has 1 unspecified atom stereocenters. The summed E-state index contributed by atoms with van der Waals surface area (Å²) in [5.74, 6) is 2.17. The molecule has 0 spiro atoms. The van der Waals surface area contributed by atoms with E-state index < -0.39 is 0 Å². The Bertz CT molecular complexity index is 706. The molecule has 1 aliphatic heterocycles. The molecule has 0 saturated heterocycles. The molecule has 6 heteroatoms. The van der Waals surface area contributed by atoms with Crippen LogP contribution in [0.2, 0.25) is 0 Å². The minimum Gasteiger partial charge on any atom is -0.497 e. The highest BCUT2D eigenvalue weighted by molar-refractivity contribution is 14.0. The highest BCUT2D eigenvalue weighted by atomic mass is 127. The van der Waals surface area contributed by atoms with Crippen LogP contribution in [0.15, 0.2) is 53.5 Å². The smallest absolute Gasteiger partial charge is 0.189 e. The van der Waals surface area contributed by atoms with Crippen molar-refractivity contribution in [3.05, 3.63) is 59.7 Å². The van der Waals surface area contributed by atoms with Crippen LogP contribution < -0.4 is 20.5 Å². The normalized spacial score (nSPS) is 16.4. The molecule has 0 bridgehead atoms. The number of rotatable bonds is 4. The summed E-state index contributed by atoms with van der Waals surface area (Å²) in [4.78, 5) is 4.42. The minimum absolute atomic E-state index is 0. The van der Waals surface area contributed by atoms with Crippen LogP contribution in [-0.2, 0) is 6.54 Å². The van der Waals surface area contributed by atoms with Crippen LogP contribution in [0.1, 0.15) is 23.6 Å². The van der Waals surface area contributed by atoms with Gasteiger partial charge in [0.1, 0.15) is 11.5 Å². The number of hydrogen-bond acceptors (Lipinski definition) is 3. The molecule has 0 aromatic heterocycles. The monoisotopic (exact) mass is 439 g/mol. The van der Waals surface area contributed by atoms with Crippen LogP contribution >= 0.6 is 24.0 Å². The quantitative estimate of drug-likeness (QED) is 0.436. The lowest BCUT2D eigenvalue weighted by molar-refractivity contribution is 0.262. The van der Waals surface area contributed by atoms with E-state index in [2.05, 4.69) is 16.4 Å². The third kappa shape index (κ3) is 4.53. The zero-order valence-electron chi connectivity index (χ0n) is 13.6. The molecule has 0 fully saturated rings. The second-order valence-corrected chi connectivity index (χ2v) is 5.42. The van der Waals surface area contributed by atoms with Crippen LogP contribution in [0.4, 0.5) is 0 Å². The summed E-state index contributed by atoms with van der Waals surface area (Å²) >= 11 is 0. The molecule has 24 heavy (non-hydrogen) atoms. The largest absolute Gasteiger partial charge is 0.497 e. The Morgan fingerprint density at radius 3 is 2.96 bits per heavy atom. The molecular formula is C18H22IN3O2. The number of nitrogens with one attached hydrogen (secondary N) is 1. The van der Waals surface area contributed by atoms with E-state index in [-0.39, 0.29) is 30.0 Å². The molecule has 2 aromatic rings. The highest BCUT2D eigenvalue weighted by Crippen LogP contribution is 2.31. The Balaban J connectivity index is 0.00000208. The number of aliphatic imine (C=N–C) groups is 1. The predicted molar refractivity (Wildman–Crippen MR) is 106 cm³/mol. The summed E-state index contributed by atoms with van der Waals surface area (Å²) in [7, 11) is 1.65. The Morgan fingerprint density at radius 1 is 1.29 bits per heavy atom. The van der Waals surface area contributed by atoms with Gasteiger partial charge in [0, 0.05) is 12.0 Å². The first-order valence-electron chi connectivity index (χ1n) is 7.67. The standard InChI is InChI=1S/C18H21N3O2.HI/c1-22-14-6-4-5-13(11-14)12-20-18(19)21-16-9-10-23-17-8-3-2-7-15(16)17;/h2-8,11,16H,9-10,12H2,1H3,(H3,19,20,21);1H. The van der Waals surface area contributed by atoms with E-state index >= 15 is 0 Å². The molecule has 1 heterocycles. The van der Waals surface area contributed by atoms with Gasteiger partial charge in [0.2, 0.25) is 0 Å². The Hall–Kier alpha value is -1.96. The lowest BCUT2D eigenvalue weighted by Crippen LogP contribution is -2.37. The average molecular weight is 439 g/mol. The Morgan fingerprint density at radius 2 is 2.12 bits per heavy atom. The number of guanidine groups is 1. The summed E-state index contributed by atoms with van der Waals surface area (Å²) in [6, 6.07) is 16.0. The van der Waals surface area contributed by atoms with E-state index in [4.69, 9.17) is 15.2 Å². The van der Waals surface area contributed by atoms with Gasteiger partial charge < -0.3 is 20.5 Å². The zero-order chi connectivity index (χ0) is 16.1. The van der Waals surface area contributed by atoms with Gasteiger partial charge in [-0.05, 0) is 23.8 Å². The van der Waals surface area contributed by atoms with Gasteiger partial charge in [-0.25, -0.2) is 4.99 Å². The van der Waals surface area contributed by atoms with Crippen LogP contribution in [0.25, 0.3) is 0 Å². The van der Waals surface area contributed by atoms with Gasteiger partial charge in [0.05, 0.1) is 26.3 Å². The van der Waals surface area contributed by atoms with Gasteiger partial charge in [-0.15, -0.1) is 24.0 Å². The third-order valence-corrected chi connectivity index (χ3v) is 3.85. The lowest BCUT2D eigenvalue weighted by Gasteiger charge is -2.26. The summed E-state index contributed by atoms with van der Waals surface area (Å²) < 4.78 is 10.9. The maximum atomic E-state index is 6.05. The van der Waals surface area contributed by atoms with Crippen LogP contribution in [0.5, 0.6) is 11.5 Å². The molecule has 2 aromatic carbocycles. The van der Waals surface area contributed by atoms with E-state index in [9.17, 15) is 0 Å². The second kappa shape index (κ2) is 8.77.